The third-order valence-electron chi connectivity index (χ3n) is 3.29. The summed E-state index contributed by atoms with van der Waals surface area (Å²) in [4.78, 5) is 12.1. The number of amides is 1. The van der Waals surface area contributed by atoms with Crippen LogP contribution in [0.25, 0.3) is 0 Å². The van der Waals surface area contributed by atoms with Crippen LogP contribution in [0.4, 0.5) is 14.6 Å². The van der Waals surface area contributed by atoms with Crippen LogP contribution in [0.3, 0.4) is 0 Å². The first kappa shape index (κ1) is 16.1. The normalized spacial score (nSPS) is 10.6. The molecule has 2 aromatic carbocycles. The van der Waals surface area contributed by atoms with Gasteiger partial charge in [0.15, 0.2) is 5.82 Å². The Labute approximate surface area is 141 Å². The molecule has 0 fully saturated rings. The standard InChI is InChI=1S/C17H12ClF2N3O/c18-15-10-23(9-11-4-6-13(19)7-5-11)22-16(15)21-17(24)12-2-1-3-14(20)8-12/h1-8,10H,9H2,(H,21,22,24). The maximum atomic E-state index is 13.2. The summed E-state index contributed by atoms with van der Waals surface area (Å²) in [5, 5.41) is 6.97. The Balaban J connectivity index is 1.74. The largest absolute Gasteiger partial charge is 0.304 e. The zero-order valence-corrected chi connectivity index (χ0v) is 13.1. The molecular weight excluding hydrogens is 336 g/mol. The fourth-order valence-electron chi connectivity index (χ4n) is 2.15. The van der Waals surface area contributed by atoms with E-state index < -0.39 is 11.7 Å². The Hall–Kier alpha value is -2.73. The van der Waals surface area contributed by atoms with Gasteiger partial charge in [0.05, 0.1) is 6.54 Å². The van der Waals surface area contributed by atoms with Crippen molar-refractivity contribution in [3.63, 3.8) is 0 Å². The fourth-order valence-corrected chi connectivity index (χ4v) is 2.35. The summed E-state index contributed by atoms with van der Waals surface area (Å²) in [6.45, 7) is 0.371. The first-order valence-electron chi connectivity index (χ1n) is 7.05. The second-order valence-corrected chi connectivity index (χ2v) is 5.52. The maximum absolute atomic E-state index is 13.2. The van der Waals surface area contributed by atoms with Crippen molar-refractivity contribution in [3.8, 4) is 0 Å². The lowest BCUT2D eigenvalue weighted by Crippen LogP contribution is -2.13. The molecule has 4 nitrogen and oxygen atoms in total. The Morgan fingerprint density at radius 2 is 1.88 bits per heavy atom. The lowest BCUT2D eigenvalue weighted by atomic mass is 10.2. The molecule has 3 aromatic rings. The van der Waals surface area contributed by atoms with Crippen molar-refractivity contribution in [1.29, 1.82) is 0 Å². The number of anilines is 1. The number of nitrogens with one attached hydrogen (secondary N) is 1. The first-order chi connectivity index (χ1) is 11.5. The summed E-state index contributed by atoms with van der Waals surface area (Å²) >= 11 is 6.07. The van der Waals surface area contributed by atoms with Crippen LogP contribution >= 0.6 is 11.6 Å². The quantitative estimate of drug-likeness (QED) is 0.772. The smallest absolute Gasteiger partial charge is 0.257 e. The number of carbonyl (C=O) groups is 1. The van der Waals surface area contributed by atoms with E-state index in [2.05, 4.69) is 10.4 Å². The maximum Gasteiger partial charge on any atom is 0.257 e. The van der Waals surface area contributed by atoms with Gasteiger partial charge in [0, 0.05) is 11.8 Å². The molecule has 0 aliphatic heterocycles. The van der Waals surface area contributed by atoms with E-state index in [0.717, 1.165) is 11.6 Å². The average Bonchev–Trinajstić information content (AvgIpc) is 2.89. The number of benzene rings is 2. The molecule has 0 saturated carbocycles. The number of aromatic nitrogens is 2. The van der Waals surface area contributed by atoms with Crippen molar-refractivity contribution in [2.75, 3.05) is 5.32 Å². The Morgan fingerprint density at radius 3 is 2.58 bits per heavy atom. The first-order valence-corrected chi connectivity index (χ1v) is 7.43. The predicted octanol–water partition coefficient (Wildman–Crippen LogP) is 4.12. The van der Waals surface area contributed by atoms with E-state index in [1.165, 1.54) is 35.0 Å². The molecule has 24 heavy (non-hydrogen) atoms. The molecule has 0 radical (unpaired) electrons. The summed E-state index contributed by atoms with van der Waals surface area (Å²) in [6, 6.07) is 11.3. The van der Waals surface area contributed by atoms with Crippen molar-refractivity contribution in [1.82, 2.24) is 9.78 Å². The molecule has 1 aromatic heterocycles. The van der Waals surface area contributed by atoms with Gasteiger partial charge in [-0.15, -0.1) is 0 Å². The van der Waals surface area contributed by atoms with Crippen LogP contribution in [0.5, 0.6) is 0 Å². The zero-order chi connectivity index (χ0) is 17.1. The van der Waals surface area contributed by atoms with Gasteiger partial charge in [-0.3, -0.25) is 9.48 Å². The van der Waals surface area contributed by atoms with Crippen molar-refractivity contribution < 1.29 is 13.6 Å². The molecule has 0 bridgehead atoms. The Kier molecular flexibility index (Phi) is 4.57. The van der Waals surface area contributed by atoms with Gasteiger partial charge < -0.3 is 5.32 Å². The summed E-state index contributed by atoms with van der Waals surface area (Å²) < 4.78 is 27.6. The minimum absolute atomic E-state index is 0.166. The molecule has 122 valence electrons. The van der Waals surface area contributed by atoms with E-state index in [9.17, 15) is 13.6 Å². The summed E-state index contributed by atoms with van der Waals surface area (Å²) in [5.74, 6) is -1.16. The third kappa shape index (κ3) is 3.78. The van der Waals surface area contributed by atoms with Crippen molar-refractivity contribution in [2.45, 2.75) is 6.54 Å². The van der Waals surface area contributed by atoms with Crippen LogP contribution in [-0.2, 0) is 6.54 Å². The molecule has 0 aliphatic rings. The molecule has 0 unspecified atom stereocenters. The van der Waals surface area contributed by atoms with E-state index in [-0.39, 0.29) is 22.2 Å². The number of rotatable bonds is 4. The molecular formula is C17H12ClF2N3O. The van der Waals surface area contributed by atoms with Gasteiger partial charge in [0.1, 0.15) is 16.7 Å². The molecule has 1 heterocycles. The highest BCUT2D eigenvalue weighted by Gasteiger charge is 2.13. The molecule has 3 rings (SSSR count). The lowest BCUT2D eigenvalue weighted by molar-refractivity contribution is 0.102. The van der Waals surface area contributed by atoms with Gasteiger partial charge in [0.2, 0.25) is 0 Å². The van der Waals surface area contributed by atoms with Gasteiger partial charge in [-0.1, -0.05) is 29.8 Å². The Bertz CT molecular complexity index is 878. The highest BCUT2D eigenvalue weighted by molar-refractivity contribution is 6.33. The number of hydrogen-bond acceptors (Lipinski definition) is 2. The molecule has 7 heteroatoms. The predicted molar refractivity (Wildman–Crippen MR) is 87.1 cm³/mol. The number of nitrogens with zero attached hydrogens (tertiary/aromatic N) is 2. The monoisotopic (exact) mass is 347 g/mol. The summed E-state index contributed by atoms with van der Waals surface area (Å²) in [7, 11) is 0. The third-order valence-corrected chi connectivity index (χ3v) is 3.57. The molecule has 1 N–H and O–H groups in total. The van der Waals surface area contributed by atoms with Gasteiger partial charge >= 0.3 is 0 Å². The number of carbonyl (C=O) groups excluding carboxylic acids is 1. The topological polar surface area (TPSA) is 46.9 Å². The van der Waals surface area contributed by atoms with Crippen LogP contribution < -0.4 is 5.32 Å². The number of hydrogen-bond donors (Lipinski definition) is 1. The van der Waals surface area contributed by atoms with Crippen molar-refractivity contribution in [3.05, 3.63) is 82.5 Å². The number of halogens is 3. The second-order valence-electron chi connectivity index (χ2n) is 5.11. The van der Waals surface area contributed by atoms with Crippen LogP contribution in [0.1, 0.15) is 15.9 Å². The minimum atomic E-state index is -0.511. The van der Waals surface area contributed by atoms with Crippen molar-refractivity contribution in [2.24, 2.45) is 0 Å². The molecule has 0 atom stereocenters. The minimum Gasteiger partial charge on any atom is -0.304 e. The van der Waals surface area contributed by atoms with Gasteiger partial charge in [-0.05, 0) is 35.9 Å². The molecule has 1 amide bonds. The molecule has 0 aliphatic carbocycles. The second kappa shape index (κ2) is 6.80. The van der Waals surface area contributed by atoms with Gasteiger partial charge in [-0.25, -0.2) is 8.78 Å². The zero-order valence-electron chi connectivity index (χ0n) is 12.3. The SMILES string of the molecule is O=C(Nc1nn(Cc2ccc(F)cc2)cc1Cl)c1cccc(F)c1. The Morgan fingerprint density at radius 1 is 1.12 bits per heavy atom. The fraction of sp³-hybridized carbons (Fsp3) is 0.0588. The van der Waals surface area contributed by atoms with Crippen LogP contribution in [0.15, 0.2) is 54.7 Å². The molecule has 0 saturated heterocycles. The highest BCUT2D eigenvalue weighted by Crippen LogP contribution is 2.21. The van der Waals surface area contributed by atoms with Crippen LogP contribution in [-0.4, -0.2) is 15.7 Å². The lowest BCUT2D eigenvalue weighted by Gasteiger charge is -2.03. The van der Waals surface area contributed by atoms with Crippen molar-refractivity contribution >= 4 is 23.3 Å². The van der Waals surface area contributed by atoms with Gasteiger partial charge in [0.25, 0.3) is 5.91 Å². The van der Waals surface area contributed by atoms with Crippen LogP contribution in [0, 0.1) is 11.6 Å². The van der Waals surface area contributed by atoms with E-state index in [1.54, 1.807) is 18.3 Å². The van der Waals surface area contributed by atoms with E-state index >= 15 is 0 Å². The van der Waals surface area contributed by atoms with E-state index in [1.807, 2.05) is 0 Å². The summed E-state index contributed by atoms with van der Waals surface area (Å²) in [5.41, 5.74) is 0.998. The van der Waals surface area contributed by atoms with E-state index in [0.29, 0.717) is 6.54 Å². The van der Waals surface area contributed by atoms with Crippen LogP contribution in [0.2, 0.25) is 5.02 Å². The highest BCUT2D eigenvalue weighted by atomic mass is 35.5. The molecule has 0 spiro atoms. The van der Waals surface area contributed by atoms with E-state index in [4.69, 9.17) is 11.6 Å². The summed E-state index contributed by atoms with van der Waals surface area (Å²) in [6.07, 6.45) is 1.55. The van der Waals surface area contributed by atoms with Gasteiger partial charge in [-0.2, -0.15) is 5.10 Å². The average molecular weight is 348 g/mol.